The molecule has 1 saturated heterocycles. The Bertz CT molecular complexity index is 810. The van der Waals surface area contributed by atoms with Crippen LogP contribution in [0.15, 0.2) is 57.5 Å². The average molecular weight is 466 g/mol. The lowest BCUT2D eigenvalue weighted by atomic mass is 10.0. The third-order valence-corrected chi connectivity index (χ3v) is 5.79. The van der Waals surface area contributed by atoms with Gasteiger partial charge in [-0.15, -0.1) is 0 Å². The molecule has 2 aromatic carbocycles. The fourth-order valence-corrected chi connectivity index (χ4v) is 4.18. The van der Waals surface area contributed by atoms with Crippen LogP contribution >= 0.6 is 31.9 Å². The predicted octanol–water partition coefficient (Wildman–Crippen LogP) is 4.44. The number of carbonyl (C=O) groups excluding carboxylic acids is 2. The summed E-state index contributed by atoms with van der Waals surface area (Å²) in [5, 5.41) is 2.97. The normalized spacial score (nSPS) is 18.3. The molecule has 1 heterocycles. The Balaban J connectivity index is 1.71. The molecule has 4 nitrogen and oxygen atoms in total. The van der Waals surface area contributed by atoms with Crippen molar-refractivity contribution in [3.63, 3.8) is 0 Å². The number of amides is 2. The van der Waals surface area contributed by atoms with Crippen LogP contribution in [0.2, 0.25) is 0 Å². The molecule has 3 rings (SSSR count). The lowest BCUT2D eigenvalue weighted by molar-refractivity contribution is -0.132. The number of para-hydroxylation sites is 1. The highest BCUT2D eigenvalue weighted by Crippen LogP contribution is 2.32. The van der Waals surface area contributed by atoms with Crippen LogP contribution in [0.4, 0.5) is 5.69 Å². The second-order valence-electron chi connectivity index (χ2n) is 6.03. The van der Waals surface area contributed by atoms with Gasteiger partial charge in [0.05, 0.1) is 11.7 Å². The largest absolute Gasteiger partial charge is 0.349 e. The number of rotatable bonds is 4. The highest BCUT2D eigenvalue weighted by molar-refractivity contribution is 9.10. The highest BCUT2D eigenvalue weighted by Gasteiger charge is 2.38. The van der Waals surface area contributed by atoms with Crippen LogP contribution < -0.4 is 10.2 Å². The Kier molecular flexibility index (Phi) is 5.59. The number of hydrogen-bond donors (Lipinski definition) is 1. The molecule has 0 radical (unpaired) electrons. The van der Waals surface area contributed by atoms with Crippen molar-refractivity contribution in [1.29, 1.82) is 0 Å². The van der Waals surface area contributed by atoms with Crippen LogP contribution in [0, 0.1) is 5.92 Å². The summed E-state index contributed by atoms with van der Waals surface area (Å²) in [5.41, 5.74) is 1.80. The first kappa shape index (κ1) is 18.1. The molecule has 2 aromatic rings. The minimum Gasteiger partial charge on any atom is -0.349 e. The van der Waals surface area contributed by atoms with E-state index in [0.717, 1.165) is 20.2 Å². The molecule has 0 aromatic heterocycles. The van der Waals surface area contributed by atoms with Gasteiger partial charge in [-0.2, -0.15) is 0 Å². The summed E-state index contributed by atoms with van der Waals surface area (Å²) in [6.07, 6.45) is 0.523. The molecule has 130 valence electrons. The van der Waals surface area contributed by atoms with E-state index in [1.54, 1.807) is 4.90 Å². The van der Waals surface area contributed by atoms with Crippen LogP contribution in [-0.4, -0.2) is 18.4 Å². The molecule has 0 bridgehead atoms. The summed E-state index contributed by atoms with van der Waals surface area (Å²) >= 11 is 6.97. The van der Waals surface area contributed by atoms with E-state index in [4.69, 9.17) is 0 Å². The van der Waals surface area contributed by atoms with Crippen LogP contribution in [0.3, 0.4) is 0 Å². The van der Waals surface area contributed by atoms with Gasteiger partial charge in [-0.3, -0.25) is 9.59 Å². The summed E-state index contributed by atoms with van der Waals surface area (Å²) in [7, 11) is 0. The lowest BCUT2D eigenvalue weighted by Gasteiger charge is -2.20. The monoisotopic (exact) mass is 464 g/mol. The van der Waals surface area contributed by atoms with Gasteiger partial charge in [-0.25, -0.2) is 0 Å². The van der Waals surface area contributed by atoms with Crippen LogP contribution in [0.1, 0.15) is 24.9 Å². The van der Waals surface area contributed by atoms with Gasteiger partial charge < -0.3 is 10.2 Å². The third kappa shape index (κ3) is 3.80. The van der Waals surface area contributed by atoms with E-state index in [9.17, 15) is 9.59 Å². The second-order valence-corrected chi connectivity index (χ2v) is 7.74. The quantitative estimate of drug-likeness (QED) is 0.678. The third-order valence-electron chi connectivity index (χ3n) is 4.40. The molecular formula is C19H18Br2N2O2. The zero-order valence-corrected chi connectivity index (χ0v) is 16.9. The van der Waals surface area contributed by atoms with E-state index in [0.29, 0.717) is 13.0 Å². The molecule has 2 atom stereocenters. The molecular weight excluding hydrogens is 448 g/mol. The molecule has 6 heteroatoms. The number of hydrogen-bond acceptors (Lipinski definition) is 2. The standard InChI is InChI=1S/C19H18Br2N2O2/c1-12(13-6-2-3-7-15(13)20)22-18(24)14-10-11-23(19(14)25)17-9-5-4-8-16(17)21/h2-9,12,14H,10-11H2,1H3,(H,22,24). The Morgan fingerprint density at radius 1 is 1.12 bits per heavy atom. The minimum atomic E-state index is -0.642. The first-order chi connectivity index (χ1) is 12.0. The van der Waals surface area contributed by atoms with Crippen molar-refractivity contribution in [1.82, 2.24) is 5.32 Å². The van der Waals surface area contributed by atoms with Gasteiger partial charge in [-0.05, 0) is 53.0 Å². The molecule has 0 spiro atoms. The van der Waals surface area contributed by atoms with Crippen molar-refractivity contribution < 1.29 is 9.59 Å². The molecule has 1 N–H and O–H groups in total. The van der Waals surface area contributed by atoms with Gasteiger partial charge >= 0.3 is 0 Å². The number of carbonyl (C=O) groups is 2. The maximum atomic E-state index is 12.7. The predicted molar refractivity (Wildman–Crippen MR) is 105 cm³/mol. The Morgan fingerprint density at radius 3 is 2.44 bits per heavy atom. The van der Waals surface area contributed by atoms with Gasteiger partial charge in [0, 0.05) is 15.5 Å². The fraction of sp³-hybridized carbons (Fsp3) is 0.263. The number of nitrogens with zero attached hydrogens (tertiary/aromatic N) is 1. The number of nitrogens with one attached hydrogen (secondary N) is 1. The van der Waals surface area contributed by atoms with Gasteiger partial charge in [0.15, 0.2) is 0 Å². The van der Waals surface area contributed by atoms with E-state index in [-0.39, 0.29) is 17.9 Å². The number of anilines is 1. The lowest BCUT2D eigenvalue weighted by Crippen LogP contribution is -2.38. The Labute approximate surface area is 163 Å². The topological polar surface area (TPSA) is 49.4 Å². The van der Waals surface area contributed by atoms with Crippen molar-refractivity contribution in [3.8, 4) is 0 Å². The summed E-state index contributed by atoms with van der Waals surface area (Å²) < 4.78 is 1.79. The highest BCUT2D eigenvalue weighted by atomic mass is 79.9. The van der Waals surface area contributed by atoms with Crippen LogP contribution in [-0.2, 0) is 9.59 Å². The molecule has 0 saturated carbocycles. The van der Waals surface area contributed by atoms with Crippen molar-refractivity contribution in [2.75, 3.05) is 11.4 Å². The van der Waals surface area contributed by atoms with Crippen molar-refractivity contribution in [2.24, 2.45) is 5.92 Å². The molecule has 25 heavy (non-hydrogen) atoms. The molecule has 2 amide bonds. The first-order valence-corrected chi connectivity index (χ1v) is 9.68. The summed E-state index contributed by atoms with van der Waals surface area (Å²) in [6, 6.07) is 15.1. The Hall–Kier alpha value is -1.66. The van der Waals surface area contributed by atoms with Gasteiger partial charge in [0.1, 0.15) is 5.92 Å². The molecule has 1 aliphatic heterocycles. The van der Waals surface area contributed by atoms with E-state index in [1.807, 2.05) is 55.5 Å². The number of halogens is 2. The van der Waals surface area contributed by atoms with Crippen molar-refractivity contribution >= 4 is 49.4 Å². The van der Waals surface area contributed by atoms with Crippen LogP contribution in [0.5, 0.6) is 0 Å². The van der Waals surface area contributed by atoms with Crippen molar-refractivity contribution in [3.05, 3.63) is 63.0 Å². The van der Waals surface area contributed by atoms with Crippen molar-refractivity contribution in [2.45, 2.75) is 19.4 Å². The summed E-state index contributed by atoms with van der Waals surface area (Å²) in [6.45, 7) is 2.46. The zero-order chi connectivity index (χ0) is 18.0. The zero-order valence-electron chi connectivity index (χ0n) is 13.7. The summed E-state index contributed by atoms with van der Waals surface area (Å²) in [5.74, 6) is -1.01. The maximum Gasteiger partial charge on any atom is 0.239 e. The van der Waals surface area contributed by atoms with E-state index in [2.05, 4.69) is 37.2 Å². The minimum absolute atomic E-state index is 0.149. The molecule has 1 aliphatic rings. The van der Waals surface area contributed by atoms with Gasteiger partial charge in [0.25, 0.3) is 0 Å². The van der Waals surface area contributed by atoms with E-state index >= 15 is 0 Å². The Morgan fingerprint density at radius 2 is 1.76 bits per heavy atom. The average Bonchev–Trinajstić information content (AvgIpc) is 2.97. The molecule has 1 fully saturated rings. The molecule has 0 aliphatic carbocycles. The second kappa shape index (κ2) is 7.70. The molecule has 2 unspecified atom stereocenters. The van der Waals surface area contributed by atoms with Gasteiger partial charge in [0.2, 0.25) is 11.8 Å². The summed E-state index contributed by atoms with van der Waals surface area (Å²) in [4.78, 5) is 27.0. The van der Waals surface area contributed by atoms with Crippen LogP contribution in [0.25, 0.3) is 0 Å². The fourth-order valence-electron chi connectivity index (χ4n) is 3.05. The van der Waals surface area contributed by atoms with E-state index in [1.165, 1.54) is 0 Å². The SMILES string of the molecule is CC(NC(=O)C1CCN(c2ccccc2Br)C1=O)c1ccccc1Br. The van der Waals surface area contributed by atoms with Gasteiger partial charge in [-0.1, -0.05) is 46.3 Å². The first-order valence-electron chi connectivity index (χ1n) is 8.09. The number of benzene rings is 2. The maximum absolute atomic E-state index is 12.7. The van der Waals surface area contributed by atoms with E-state index < -0.39 is 5.92 Å². The smallest absolute Gasteiger partial charge is 0.239 e.